The van der Waals surface area contributed by atoms with Gasteiger partial charge in [0, 0.05) is 24.5 Å². The minimum absolute atomic E-state index is 0.670. The van der Waals surface area contributed by atoms with Gasteiger partial charge in [-0.05, 0) is 25.3 Å². The second-order valence-electron chi connectivity index (χ2n) is 3.64. The molecule has 2 heterocycles. The fraction of sp³-hybridized carbons (Fsp3) is 0.455. The van der Waals surface area contributed by atoms with E-state index in [1.165, 1.54) is 19.4 Å². The third-order valence-corrected chi connectivity index (χ3v) is 2.48. The molecule has 0 bridgehead atoms. The fourth-order valence-corrected chi connectivity index (χ4v) is 1.69. The van der Waals surface area contributed by atoms with Crippen LogP contribution in [0.2, 0.25) is 0 Å². The van der Waals surface area contributed by atoms with Gasteiger partial charge in [-0.1, -0.05) is 12.2 Å². The molecule has 0 radical (unpaired) electrons. The van der Waals surface area contributed by atoms with Crippen LogP contribution >= 0.6 is 0 Å². The van der Waals surface area contributed by atoms with Gasteiger partial charge in [-0.15, -0.1) is 0 Å². The first-order valence-corrected chi connectivity index (χ1v) is 5.09. The van der Waals surface area contributed by atoms with Crippen LogP contribution in [0.1, 0.15) is 18.4 Å². The summed E-state index contributed by atoms with van der Waals surface area (Å²) in [5, 5.41) is 3.39. The zero-order valence-corrected chi connectivity index (χ0v) is 8.19. The highest BCUT2D eigenvalue weighted by Gasteiger charge is 2.08. The van der Waals surface area contributed by atoms with Crippen LogP contribution in [0.3, 0.4) is 0 Å². The summed E-state index contributed by atoms with van der Waals surface area (Å²) in [4.78, 5) is 7.94. The highest BCUT2D eigenvalue weighted by Crippen LogP contribution is 2.12. The van der Waals surface area contributed by atoms with Crippen molar-refractivity contribution >= 4 is 6.08 Å². The summed E-state index contributed by atoms with van der Waals surface area (Å²) in [5.41, 5.74) is 1.08. The summed E-state index contributed by atoms with van der Waals surface area (Å²) in [6.45, 7) is 2.27. The molecule has 0 saturated carbocycles. The Morgan fingerprint density at radius 3 is 2.93 bits per heavy atom. The Bertz CT molecular complexity index is 289. The van der Waals surface area contributed by atoms with Crippen molar-refractivity contribution in [3.8, 4) is 0 Å². The van der Waals surface area contributed by atoms with E-state index >= 15 is 0 Å². The van der Waals surface area contributed by atoms with E-state index in [1.54, 1.807) is 6.33 Å². The van der Waals surface area contributed by atoms with Gasteiger partial charge in [0.15, 0.2) is 0 Å². The van der Waals surface area contributed by atoms with Crippen molar-refractivity contribution in [1.29, 1.82) is 0 Å². The van der Waals surface area contributed by atoms with Gasteiger partial charge in [-0.25, -0.2) is 9.97 Å². The van der Waals surface area contributed by atoms with Gasteiger partial charge in [0.25, 0.3) is 0 Å². The summed E-state index contributed by atoms with van der Waals surface area (Å²) in [5.74, 6) is 0.670. The average molecular weight is 189 g/mol. The van der Waals surface area contributed by atoms with Crippen molar-refractivity contribution in [2.24, 2.45) is 5.92 Å². The Kier molecular flexibility index (Phi) is 3.24. The first-order valence-electron chi connectivity index (χ1n) is 5.09. The first kappa shape index (κ1) is 9.34. The monoisotopic (exact) mass is 189 g/mol. The second kappa shape index (κ2) is 4.86. The van der Waals surface area contributed by atoms with E-state index in [4.69, 9.17) is 0 Å². The molecular formula is C11H15N3. The lowest BCUT2D eigenvalue weighted by Gasteiger charge is -2.19. The van der Waals surface area contributed by atoms with Crippen molar-refractivity contribution in [3.05, 3.63) is 30.4 Å². The summed E-state index contributed by atoms with van der Waals surface area (Å²) < 4.78 is 0. The standard InChI is InChI=1S/C11H15N3/c1-2-10(6-12-5-1)3-4-11-7-13-9-14-8-11/h3-4,7-10,12H,1-2,5-6H2/b4-3+/t10-/m1/s1. The van der Waals surface area contributed by atoms with Crippen LogP contribution in [0.4, 0.5) is 0 Å². The van der Waals surface area contributed by atoms with Gasteiger partial charge in [0.2, 0.25) is 0 Å². The van der Waals surface area contributed by atoms with Gasteiger partial charge in [0.05, 0.1) is 0 Å². The Labute approximate surface area is 84.3 Å². The number of aromatic nitrogens is 2. The normalized spacial score (nSPS) is 22.7. The molecule has 1 fully saturated rings. The Morgan fingerprint density at radius 2 is 2.21 bits per heavy atom. The molecule has 1 saturated heterocycles. The van der Waals surface area contributed by atoms with Crippen LogP contribution in [-0.4, -0.2) is 23.1 Å². The molecule has 0 aliphatic carbocycles. The van der Waals surface area contributed by atoms with E-state index < -0.39 is 0 Å². The van der Waals surface area contributed by atoms with Crippen LogP contribution in [0.5, 0.6) is 0 Å². The molecule has 0 aromatic carbocycles. The first-order chi connectivity index (χ1) is 6.95. The van der Waals surface area contributed by atoms with Gasteiger partial charge < -0.3 is 5.32 Å². The van der Waals surface area contributed by atoms with Crippen LogP contribution in [0.15, 0.2) is 24.8 Å². The summed E-state index contributed by atoms with van der Waals surface area (Å²) in [6, 6.07) is 0. The maximum atomic E-state index is 3.97. The highest BCUT2D eigenvalue weighted by atomic mass is 14.9. The molecule has 0 spiro atoms. The molecule has 0 unspecified atom stereocenters. The summed E-state index contributed by atoms with van der Waals surface area (Å²) in [6.07, 6.45) is 12.2. The molecular weight excluding hydrogens is 174 g/mol. The predicted octanol–water partition coefficient (Wildman–Crippen LogP) is 1.49. The minimum Gasteiger partial charge on any atom is -0.316 e. The maximum Gasteiger partial charge on any atom is 0.115 e. The molecule has 2 rings (SSSR count). The number of rotatable bonds is 2. The van der Waals surface area contributed by atoms with Gasteiger partial charge in [-0.3, -0.25) is 0 Å². The molecule has 0 amide bonds. The molecule has 1 aromatic rings. The molecule has 1 atom stereocenters. The van der Waals surface area contributed by atoms with Crippen LogP contribution in [0, 0.1) is 5.92 Å². The quantitative estimate of drug-likeness (QED) is 0.766. The van der Waals surface area contributed by atoms with Crippen molar-refractivity contribution in [2.75, 3.05) is 13.1 Å². The third kappa shape index (κ3) is 2.64. The molecule has 1 N–H and O–H groups in total. The SMILES string of the molecule is C(=C\[C@H]1CCCNC1)/c1cncnc1. The van der Waals surface area contributed by atoms with E-state index in [-0.39, 0.29) is 0 Å². The molecule has 74 valence electrons. The van der Waals surface area contributed by atoms with E-state index in [0.717, 1.165) is 12.1 Å². The number of hydrogen-bond acceptors (Lipinski definition) is 3. The number of nitrogens with one attached hydrogen (secondary N) is 1. The van der Waals surface area contributed by atoms with Gasteiger partial charge >= 0.3 is 0 Å². The largest absolute Gasteiger partial charge is 0.316 e. The van der Waals surface area contributed by atoms with Crippen molar-refractivity contribution in [3.63, 3.8) is 0 Å². The van der Waals surface area contributed by atoms with E-state index in [9.17, 15) is 0 Å². The Morgan fingerprint density at radius 1 is 1.36 bits per heavy atom. The molecule has 1 aliphatic heterocycles. The maximum absolute atomic E-state index is 3.97. The molecule has 14 heavy (non-hydrogen) atoms. The minimum atomic E-state index is 0.670. The van der Waals surface area contributed by atoms with E-state index in [0.29, 0.717) is 5.92 Å². The Balaban J connectivity index is 1.93. The zero-order chi connectivity index (χ0) is 9.64. The number of hydrogen-bond donors (Lipinski definition) is 1. The lowest BCUT2D eigenvalue weighted by atomic mass is 9.99. The fourth-order valence-electron chi connectivity index (χ4n) is 1.69. The lowest BCUT2D eigenvalue weighted by molar-refractivity contribution is 0.439. The number of piperidine rings is 1. The third-order valence-electron chi connectivity index (χ3n) is 2.48. The van der Waals surface area contributed by atoms with E-state index in [1.807, 2.05) is 12.4 Å². The average Bonchev–Trinajstić information content (AvgIpc) is 2.29. The molecule has 1 aliphatic rings. The van der Waals surface area contributed by atoms with E-state index in [2.05, 4.69) is 27.4 Å². The number of nitrogens with zero attached hydrogens (tertiary/aromatic N) is 2. The van der Waals surface area contributed by atoms with Crippen molar-refractivity contribution in [2.45, 2.75) is 12.8 Å². The topological polar surface area (TPSA) is 37.8 Å². The van der Waals surface area contributed by atoms with Crippen molar-refractivity contribution < 1.29 is 0 Å². The molecule has 3 heteroatoms. The zero-order valence-electron chi connectivity index (χ0n) is 8.19. The Hall–Kier alpha value is -1.22. The second-order valence-corrected chi connectivity index (χ2v) is 3.64. The van der Waals surface area contributed by atoms with Crippen LogP contribution in [-0.2, 0) is 0 Å². The smallest absolute Gasteiger partial charge is 0.115 e. The van der Waals surface area contributed by atoms with Crippen molar-refractivity contribution in [1.82, 2.24) is 15.3 Å². The predicted molar refractivity (Wildman–Crippen MR) is 56.7 cm³/mol. The van der Waals surface area contributed by atoms with Gasteiger partial charge in [0.1, 0.15) is 6.33 Å². The molecule has 1 aromatic heterocycles. The van der Waals surface area contributed by atoms with Gasteiger partial charge in [-0.2, -0.15) is 0 Å². The summed E-state index contributed by atoms with van der Waals surface area (Å²) in [7, 11) is 0. The van der Waals surface area contributed by atoms with Crippen LogP contribution in [0.25, 0.3) is 6.08 Å². The van der Waals surface area contributed by atoms with Crippen LogP contribution < -0.4 is 5.32 Å². The highest BCUT2D eigenvalue weighted by molar-refractivity contribution is 5.46. The lowest BCUT2D eigenvalue weighted by Crippen LogP contribution is -2.28. The molecule has 3 nitrogen and oxygen atoms in total. The summed E-state index contributed by atoms with van der Waals surface area (Å²) >= 11 is 0.